The quantitative estimate of drug-likeness (QED) is 0.136. The van der Waals surface area contributed by atoms with E-state index in [1.54, 1.807) is 0 Å². The van der Waals surface area contributed by atoms with E-state index in [0.29, 0.717) is 13.0 Å². The van der Waals surface area contributed by atoms with Gasteiger partial charge in [0, 0.05) is 27.7 Å². The summed E-state index contributed by atoms with van der Waals surface area (Å²) in [4.78, 5) is 47.8. The molecule has 42 heavy (non-hydrogen) atoms. The van der Waals surface area contributed by atoms with Gasteiger partial charge in [-0.15, -0.1) is 0 Å². The minimum absolute atomic E-state index is 0.219. The van der Waals surface area contributed by atoms with Crippen molar-refractivity contribution in [2.24, 2.45) is 0 Å². The number of rotatable bonds is 18. The van der Waals surface area contributed by atoms with Gasteiger partial charge in [-0.1, -0.05) is 75.8 Å². The maximum Gasteiger partial charge on any atom is 0.303 e. The van der Waals surface area contributed by atoms with Crippen molar-refractivity contribution in [3.05, 3.63) is 35.9 Å². The van der Waals surface area contributed by atoms with E-state index in [1.807, 2.05) is 30.3 Å². The van der Waals surface area contributed by atoms with Crippen molar-refractivity contribution in [3.8, 4) is 0 Å². The Morgan fingerprint density at radius 2 is 1.36 bits per heavy atom. The molecule has 2 rings (SSSR count). The number of carbonyl (C=O) groups excluding carboxylic acids is 4. The Balaban J connectivity index is 2.29. The van der Waals surface area contributed by atoms with Gasteiger partial charge >= 0.3 is 23.9 Å². The average molecular weight is 595 g/mol. The molecule has 6 atom stereocenters. The molecule has 11 heteroatoms. The van der Waals surface area contributed by atoms with Crippen LogP contribution in [0.4, 0.5) is 0 Å². The standard InChI is InChI=1S/C31H46O11/c1-6-7-8-9-10-14-17-26(19-36-18-25-15-12-11-13-16-25)41-31-30(40-24(5)35)29(39-23(4)34)28(38-22(3)33)27(42-31)20-37-21(2)32/h11-13,15-16,26-31H,6-10,14,17-20H2,1-5H3/t26-,27-,28+,29+,30-,31-/m1/s1. The summed E-state index contributed by atoms with van der Waals surface area (Å²) in [5.41, 5.74) is 1.00. The number of benzene rings is 1. The lowest BCUT2D eigenvalue weighted by Crippen LogP contribution is -2.63. The van der Waals surface area contributed by atoms with Crippen molar-refractivity contribution in [3.63, 3.8) is 0 Å². The van der Waals surface area contributed by atoms with Gasteiger partial charge in [0.15, 0.2) is 24.6 Å². The van der Waals surface area contributed by atoms with Gasteiger partial charge in [0.25, 0.3) is 0 Å². The molecule has 0 unspecified atom stereocenters. The molecule has 1 aromatic carbocycles. The molecule has 1 aliphatic heterocycles. The summed E-state index contributed by atoms with van der Waals surface area (Å²) in [5.74, 6) is -2.65. The highest BCUT2D eigenvalue weighted by molar-refractivity contribution is 5.68. The fourth-order valence-electron chi connectivity index (χ4n) is 4.71. The van der Waals surface area contributed by atoms with Gasteiger partial charge in [0.2, 0.25) is 0 Å². The fraction of sp³-hybridized carbons (Fsp3) is 0.677. The Morgan fingerprint density at radius 1 is 0.762 bits per heavy atom. The molecule has 0 amide bonds. The third-order valence-corrected chi connectivity index (χ3v) is 6.57. The van der Waals surface area contributed by atoms with Crippen LogP contribution in [-0.2, 0) is 58.9 Å². The van der Waals surface area contributed by atoms with Gasteiger partial charge in [-0.3, -0.25) is 19.2 Å². The summed E-state index contributed by atoms with van der Waals surface area (Å²) in [6.45, 7) is 7.23. The van der Waals surface area contributed by atoms with Crippen LogP contribution in [0, 0.1) is 0 Å². The second-order valence-electron chi connectivity index (χ2n) is 10.4. The number of unbranched alkanes of at least 4 members (excludes halogenated alkanes) is 5. The molecular weight excluding hydrogens is 548 g/mol. The van der Waals surface area contributed by atoms with Crippen molar-refractivity contribution in [1.29, 1.82) is 0 Å². The highest BCUT2D eigenvalue weighted by Crippen LogP contribution is 2.31. The Hall–Kier alpha value is -3.02. The van der Waals surface area contributed by atoms with E-state index in [0.717, 1.165) is 37.7 Å². The molecule has 1 saturated heterocycles. The number of carbonyl (C=O) groups is 4. The monoisotopic (exact) mass is 594 g/mol. The second-order valence-corrected chi connectivity index (χ2v) is 10.4. The first-order valence-corrected chi connectivity index (χ1v) is 14.7. The average Bonchev–Trinajstić information content (AvgIpc) is 2.92. The van der Waals surface area contributed by atoms with E-state index in [2.05, 4.69) is 6.92 Å². The Morgan fingerprint density at radius 3 is 1.98 bits per heavy atom. The molecular formula is C31H46O11. The normalized spacial score (nSPS) is 22.5. The lowest BCUT2D eigenvalue weighted by molar-refractivity contribution is -0.319. The molecule has 0 radical (unpaired) electrons. The number of esters is 4. The zero-order chi connectivity index (χ0) is 30.9. The minimum atomic E-state index is -1.28. The molecule has 0 N–H and O–H groups in total. The third-order valence-electron chi connectivity index (χ3n) is 6.57. The number of hydrogen-bond acceptors (Lipinski definition) is 11. The van der Waals surface area contributed by atoms with Crippen LogP contribution in [0.1, 0.15) is 85.1 Å². The van der Waals surface area contributed by atoms with Gasteiger partial charge in [0.1, 0.15) is 12.7 Å². The van der Waals surface area contributed by atoms with Crippen LogP contribution in [0.15, 0.2) is 30.3 Å². The Labute approximate surface area is 248 Å². The van der Waals surface area contributed by atoms with Crippen LogP contribution in [0.2, 0.25) is 0 Å². The maximum atomic E-state index is 12.2. The molecule has 1 aromatic rings. The first-order chi connectivity index (χ1) is 20.1. The summed E-state index contributed by atoms with van der Waals surface area (Å²) in [6.07, 6.45) is 0.542. The fourth-order valence-corrected chi connectivity index (χ4v) is 4.71. The van der Waals surface area contributed by atoms with Crippen LogP contribution in [-0.4, -0.2) is 73.9 Å². The minimum Gasteiger partial charge on any atom is -0.463 e. The zero-order valence-corrected chi connectivity index (χ0v) is 25.4. The van der Waals surface area contributed by atoms with Crippen LogP contribution < -0.4 is 0 Å². The first kappa shape index (κ1) is 35.2. The van der Waals surface area contributed by atoms with Gasteiger partial charge in [-0.05, 0) is 12.0 Å². The van der Waals surface area contributed by atoms with Crippen LogP contribution in [0.5, 0.6) is 0 Å². The predicted molar refractivity (Wildman–Crippen MR) is 151 cm³/mol. The lowest BCUT2D eigenvalue weighted by Gasteiger charge is -2.44. The highest BCUT2D eigenvalue weighted by Gasteiger charge is 2.53. The zero-order valence-electron chi connectivity index (χ0n) is 25.4. The van der Waals surface area contributed by atoms with E-state index in [1.165, 1.54) is 34.1 Å². The summed E-state index contributed by atoms with van der Waals surface area (Å²) in [6, 6.07) is 9.71. The van der Waals surface area contributed by atoms with E-state index >= 15 is 0 Å². The van der Waals surface area contributed by atoms with Crippen LogP contribution >= 0.6 is 0 Å². The SMILES string of the molecule is CCCCCCCC[C@H](COCc1ccccc1)O[C@@H]1O[C@H](COC(C)=O)[C@H](OC(C)=O)[C@H](OC(C)=O)[C@H]1OC(C)=O. The van der Waals surface area contributed by atoms with Crippen LogP contribution in [0.3, 0.4) is 0 Å². The maximum absolute atomic E-state index is 12.2. The highest BCUT2D eigenvalue weighted by atomic mass is 16.7. The first-order valence-electron chi connectivity index (χ1n) is 14.7. The summed E-state index contributed by atoms with van der Waals surface area (Å²) in [5, 5.41) is 0. The Kier molecular flexibility index (Phi) is 16.1. The molecule has 0 aromatic heterocycles. The van der Waals surface area contributed by atoms with Gasteiger partial charge < -0.3 is 33.2 Å². The van der Waals surface area contributed by atoms with Crippen molar-refractivity contribution in [1.82, 2.24) is 0 Å². The summed E-state index contributed by atoms with van der Waals surface area (Å²) in [7, 11) is 0. The van der Waals surface area contributed by atoms with E-state index < -0.39 is 60.7 Å². The van der Waals surface area contributed by atoms with E-state index in [4.69, 9.17) is 33.2 Å². The van der Waals surface area contributed by atoms with E-state index in [9.17, 15) is 19.2 Å². The van der Waals surface area contributed by atoms with Crippen molar-refractivity contribution < 1.29 is 52.3 Å². The molecule has 236 valence electrons. The van der Waals surface area contributed by atoms with Gasteiger partial charge in [-0.2, -0.15) is 0 Å². The molecule has 0 spiro atoms. The largest absolute Gasteiger partial charge is 0.463 e. The molecule has 1 heterocycles. The molecule has 11 nitrogen and oxygen atoms in total. The predicted octanol–water partition coefficient (Wildman–Crippen LogP) is 4.42. The van der Waals surface area contributed by atoms with Crippen molar-refractivity contribution in [2.75, 3.05) is 13.2 Å². The number of hydrogen-bond donors (Lipinski definition) is 0. The molecule has 0 aliphatic carbocycles. The molecule has 1 aliphatic rings. The van der Waals surface area contributed by atoms with Gasteiger partial charge in [-0.25, -0.2) is 0 Å². The smallest absolute Gasteiger partial charge is 0.303 e. The van der Waals surface area contributed by atoms with Crippen LogP contribution in [0.25, 0.3) is 0 Å². The molecule has 0 saturated carbocycles. The Bertz CT molecular complexity index is 967. The molecule has 1 fully saturated rings. The molecule has 0 bridgehead atoms. The lowest BCUT2D eigenvalue weighted by atomic mass is 9.98. The van der Waals surface area contributed by atoms with Crippen molar-refractivity contribution in [2.45, 2.75) is 123 Å². The second kappa shape index (κ2) is 19.2. The third kappa shape index (κ3) is 13.3. The number of ether oxygens (including phenoxy) is 7. The summed E-state index contributed by atoms with van der Waals surface area (Å²) >= 11 is 0. The van der Waals surface area contributed by atoms with E-state index in [-0.39, 0.29) is 13.2 Å². The topological polar surface area (TPSA) is 133 Å². The van der Waals surface area contributed by atoms with Crippen molar-refractivity contribution >= 4 is 23.9 Å². The summed E-state index contributed by atoms with van der Waals surface area (Å²) < 4.78 is 40.2. The van der Waals surface area contributed by atoms with Gasteiger partial charge in [0.05, 0.1) is 19.3 Å².